The summed E-state index contributed by atoms with van der Waals surface area (Å²) in [6, 6.07) is 1.78. The molecule has 0 unspecified atom stereocenters. The lowest BCUT2D eigenvalue weighted by Crippen LogP contribution is -2.04. The molecule has 0 heterocycles. The van der Waals surface area contributed by atoms with Crippen LogP contribution in [0.5, 0.6) is 17.2 Å². The van der Waals surface area contributed by atoms with Crippen LogP contribution >= 0.6 is 0 Å². The van der Waals surface area contributed by atoms with Crippen LogP contribution in [0.4, 0.5) is 0 Å². The third-order valence-electron chi connectivity index (χ3n) is 5.75. The van der Waals surface area contributed by atoms with Gasteiger partial charge in [-0.3, -0.25) is 0 Å². The molecular weight excluding hydrogens is 360 g/mol. The summed E-state index contributed by atoms with van der Waals surface area (Å²) in [6.45, 7) is 7.21. The minimum atomic E-state index is -0.0752. The van der Waals surface area contributed by atoms with E-state index in [1.165, 1.54) is 64.2 Å². The minimum absolute atomic E-state index is 0.0378. The summed E-state index contributed by atoms with van der Waals surface area (Å²) in [6.07, 6.45) is 18.9. The zero-order valence-corrected chi connectivity index (χ0v) is 19.4. The summed E-state index contributed by atoms with van der Waals surface area (Å²) in [5.74, 6) is 0.422. The fraction of sp³-hybridized carbons (Fsp3) is 0.769. The van der Waals surface area contributed by atoms with Crippen LogP contribution in [0.25, 0.3) is 0 Å². The quantitative estimate of drug-likeness (QED) is 0.191. The second-order valence-electron chi connectivity index (χ2n) is 8.45. The molecule has 0 atom stereocenters. The van der Waals surface area contributed by atoms with E-state index in [2.05, 4.69) is 20.8 Å². The number of unbranched alkanes of at least 4 members (excludes halogenated alkanes) is 11. The van der Waals surface area contributed by atoms with Crippen LogP contribution in [0.1, 0.15) is 122 Å². The number of hydrogen-bond donors (Lipinski definition) is 2. The van der Waals surface area contributed by atoms with E-state index in [0.717, 1.165) is 49.7 Å². The van der Waals surface area contributed by atoms with Gasteiger partial charge in [0.15, 0.2) is 11.5 Å². The van der Waals surface area contributed by atoms with Crippen molar-refractivity contribution in [2.24, 2.45) is 0 Å². The van der Waals surface area contributed by atoms with E-state index in [-0.39, 0.29) is 11.5 Å². The van der Waals surface area contributed by atoms with E-state index in [1.807, 2.05) is 0 Å². The number of phenolic OH excluding ortho intramolecular Hbond substituents is 2. The van der Waals surface area contributed by atoms with Crippen molar-refractivity contribution >= 4 is 0 Å². The SMILES string of the molecule is CCCCCCCCc1cc(O)c(O)c(OCCCC)c1CCCCCCCC. The van der Waals surface area contributed by atoms with Crippen LogP contribution in [0, 0.1) is 0 Å². The second-order valence-corrected chi connectivity index (χ2v) is 8.45. The van der Waals surface area contributed by atoms with E-state index >= 15 is 0 Å². The zero-order chi connectivity index (χ0) is 21.3. The number of aromatic hydroxyl groups is 2. The van der Waals surface area contributed by atoms with E-state index in [4.69, 9.17) is 4.74 Å². The third kappa shape index (κ3) is 10.3. The van der Waals surface area contributed by atoms with Crippen molar-refractivity contribution in [1.29, 1.82) is 0 Å². The molecule has 3 nitrogen and oxygen atoms in total. The first-order valence-corrected chi connectivity index (χ1v) is 12.3. The van der Waals surface area contributed by atoms with Gasteiger partial charge in [-0.2, -0.15) is 0 Å². The Hall–Kier alpha value is -1.38. The van der Waals surface area contributed by atoms with Gasteiger partial charge in [0.25, 0.3) is 0 Å². The van der Waals surface area contributed by atoms with Crippen molar-refractivity contribution < 1.29 is 14.9 Å². The topological polar surface area (TPSA) is 49.7 Å². The summed E-state index contributed by atoms with van der Waals surface area (Å²) < 4.78 is 5.97. The molecule has 0 aliphatic rings. The molecule has 0 amide bonds. The van der Waals surface area contributed by atoms with Gasteiger partial charge in [-0.15, -0.1) is 0 Å². The Morgan fingerprint density at radius 1 is 0.655 bits per heavy atom. The highest BCUT2D eigenvalue weighted by Crippen LogP contribution is 2.42. The normalized spacial score (nSPS) is 11.1. The molecule has 0 aliphatic heterocycles. The maximum absolute atomic E-state index is 10.5. The average molecular weight is 407 g/mol. The van der Waals surface area contributed by atoms with Crippen molar-refractivity contribution in [2.45, 2.75) is 124 Å². The largest absolute Gasteiger partial charge is 0.504 e. The van der Waals surface area contributed by atoms with E-state index < -0.39 is 0 Å². The van der Waals surface area contributed by atoms with E-state index in [1.54, 1.807) is 6.07 Å². The number of hydrogen-bond acceptors (Lipinski definition) is 3. The van der Waals surface area contributed by atoms with Gasteiger partial charge in [-0.25, -0.2) is 0 Å². The molecule has 0 saturated carbocycles. The Balaban J connectivity index is 2.80. The van der Waals surface area contributed by atoms with Crippen LogP contribution in [-0.2, 0) is 12.8 Å². The molecule has 1 rings (SSSR count). The summed E-state index contributed by atoms with van der Waals surface area (Å²) in [5, 5.41) is 20.7. The van der Waals surface area contributed by atoms with Crippen LogP contribution in [0.2, 0.25) is 0 Å². The number of rotatable bonds is 18. The molecule has 0 aliphatic carbocycles. The Kier molecular flexibility index (Phi) is 14.5. The van der Waals surface area contributed by atoms with Gasteiger partial charge in [0.1, 0.15) is 0 Å². The molecule has 2 N–H and O–H groups in total. The highest BCUT2D eigenvalue weighted by Gasteiger charge is 2.18. The summed E-state index contributed by atoms with van der Waals surface area (Å²) in [5.41, 5.74) is 2.29. The molecule has 3 heteroatoms. The van der Waals surface area contributed by atoms with Crippen LogP contribution in [-0.4, -0.2) is 16.8 Å². The molecular formula is C26H46O3. The van der Waals surface area contributed by atoms with E-state index in [0.29, 0.717) is 12.4 Å². The average Bonchev–Trinajstić information content (AvgIpc) is 2.72. The summed E-state index contributed by atoms with van der Waals surface area (Å²) in [7, 11) is 0. The molecule has 168 valence electrons. The van der Waals surface area contributed by atoms with Gasteiger partial charge in [-0.1, -0.05) is 91.4 Å². The number of ether oxygens (including phenoxy) is 1. The fourth-order valence-electron chi connectivity index (χ4n) is 3.87. The van der Waals surface area contributed by atoms with Gasteiger partial charge < -0.3 is 14.9 Å². The standard InChI is InChI=1S/C26H46O3/c1-4-7-10-12-14-16-18-22-21-24(27)25(28)26(29-20-9-6-3)23(22)19-17-15-13-11-8-5-2/h21,27-28H,4-20H2,1-3H3. The molecule has 0 aromatic heterocycles. The lowest BCUT2D eigenvalue weighted by atomic mass is 9.94. The lowest BCUT2D eigenvalue weighted by molar-refractivity contribution is 0.282. The molecule has 0 bridgehead atoms. The van der Waals surface area contributed by atoms with Crippen molar-refractivity contribution in [3.63, 3.8) is 0 Å². The van der Waals surface area contributed by atoms with Gasteiger partial charge in [-0.05, 0) is 43.7 Å². The predicted molar refractivity (Wildman–Crippen MR) is 124 cm³/mol. The van der Waals surface area contributed by atoms with Gasteiger partial charge in [0.2, 0.25) is 5.75 Å². The van der Waals surface area contributed by atoms with Crippen molar-refractivity contribution in [2.75, 3.05) is 6.61 Å². The van der Waals surface area contributed by atoms with E-state index in [9.17, 15) is 10.2 Å². The molecule has 0 spiro atoms. The smallest absolute Gasteiger partial charge is 0.200 e. The highest BCUT2D eigenvalue weighted by molar-refractivity contribution is 5.58. The predicted octanol–water partition coefficient (Wildman–Crippen LogP) is 8.08. The monoisotopic (exact) mass is 406 g/mol. The van der Waals surface area contributed by atoms with Crippen LogP contribution < -0.4 is 4.74 Å². The van der Waals surface area contributed by atoms with Crippen molar-refractivity contribution in [1.82, 2.24) is 0 Å². The Morgan fingerprint density at radius 2 is 1.17 bits per heavy atom. The lowest BCUT2D eigenvalue weighted by Gasteiger charge is -2.18. The van der Waals surface area contributed by atoms with Crippen LogP contribution in [0.3, 0.4) is 0 Å². The third-order valence-corrected chi connectivity index (χ3v) is 5.75. The van der Waals surface area contributed by atoms with Crippen molar-refractivity contribution in [3.8, 4) is 17.2 Å². The second kappa shape index (κ2) is 16.4. The summed E-state index contributed by atoms with van der Waals surface area (Å²) >= 11 is 0. The molecule has 0 saturated heterocycles. The fourth-order valence-corrected chi connectivity index (χ4v) is 3.87. The number of phenols is 2. The Labute approximate surface area is 179 Å². The van der Waals surface area contributed by atoms with Crippen molar-refractivity contribution in [3.05, 3.63) is 17.2 Å². The van der Waals surface area contributed by atoms with Gasteiger partial charge in [0.05, 0.1) is 6.61 Å². The Morgan fingerprint density at radius 3 is 1.76 bits per heavy atom. The first-order valence-electron chi connectivity index (χ1n) is 12.3. The first kappa shape index (κ1) is 25.7. The molecule has 0 fully saturated rings. The maximum Gasteiger partial charge on any atom is 0.200 e. The molecule has 29 heavy (non-hydrogen) atoms. The number of benzene rings is 1. The Bertz CT molecular complexity index is 539. The molecule has 0 radical (unpaired) electrons. The summed E-state index contributed by atoms with van der Waals surface area (Å²) in [4.78, 5) is 0. The van der Waals surface area contributed by atoms with Gasteiger partial charge in [0, 0.05) is 5.56 Å². The molecule has 1 aromatic carbocycles. The highest BCUT2D eigenvalue weighted by atomic mass is 16.5. The first-order chi connectivity index (χ1) is 14.2. The van der Waals surface area contributed by atoms with Crippen LogP contribution in [0.15, 0.2) is 6.07 Å². The van der Waals surface area contributed by atoms with Gasteiger partial charge >= 0.3 is 0 Å². The molecule has 1 aromatic rings. The maximum atomic E-state index is 10.5. The minimum Gasteiger partial charge on any atom is -0.504 e. The number of aryl methyl sites for hydroxylation is 1. The zero-order valence-electron chi connectivity index (χ0n) is 19.4.